The van der Waals surface area contributed by atoms with Crippen molar-refractivity contribution in [2.75, 3.05) is 36.4 Å². The first-order valence-electron chi connectivity index (χ1n) is 11.6. The summed E-state index contributed by atoms with van der Waals surface area (Å²) in [6, 6.07) is 0.414. The first-order valence-corrected chi connectivity index (χ1v) is 11.6. The molecule has 14 heteroatoms. The van der Waals surface area contributed by atoms with E-state index in [-0.39, 0.29) is 29.2 Å². The van der Waals surface area contributed by atoms with E-state index in [0.29, 0.717) is 63.9 Å². The highest BCUT2D eigenvalue weighted by Crippen LogP contribution is 2.31. The van der Waals surface area contributed by atoms with Gasteiger partial charge in [0.1, 0.15) is 11.4 Å². The Morgan fingerprint density at radius 1 is 1.08 bits per heavy atom. The van der Waals surface area contributed by atoms with Crippen molar-refractivity contribution < 1.29 is 26.7 Å². The fraction of sp³-hybridized carbons (Fsp3) is 0.591. The van der Waals surface area contributed by atoms with Crippen molar-refractivity contribution in [1.29, 1.82) is 0 Å². The molecule has 4 rings (SSSR count). The van der Waals surface area contributed by atoms with Gasteiger partial charge in [0.2, 0.25) is 11.9 Å². The van der Waals surface area contributed by atoms with Gasteiger partial charge in [0.25, 0.3) is 11.5 Å². The maximum atomic E-state index is 13.4. The number of hydrogen-bond acceptors (Lipinski definition) is 7. The van der Waals surface area contributed by atoms with Crippen LogP contribution in [0.3, 0.4) is 0 Å². The van der Waals surface area contributed by atoms with E-state index in [1.54, 1.807) is 4.90 Å². The van der Waals surface area contributed by atoms with Gasteiger partial charge in [0.15, 0.2) is 0 Å². The maximum absolute atomic E-state index is 13.4. The molecule has 0 aromatic carbocycles. The number of halogens is 5. The van der Waals surface area contributed by atoms with E-state index >= 15 is 0 Å². The lowest BCUT2D eigenvalue weighted by Crippen LogP contribution is -2.51. The average molecular weight is 515 g/mol. The molecule has 2 aromatic heterocycles. The Kier molecular flexibility index (Phi) is 7.14. The van der Waals surface area contributed by atoms with E-state index in [0.717, 1.165) is 19.3 Å². The van der Waals surface area contributed by atoms with Crippen molar-refractivity contribution in [3.05, 3.63) is 39.9 Å². The molecule has 1 amide bonds. The summed E-state index contributed by atoms with van der Waals surface area (Å²) in [6.45, 7) is 2.50. The molecular weight excluding hydrogens is 489 g/mol. The quantitative estimate of drug-likeness (QED) is 0.590. The summed E-state index contributed by atoms with van der Waals surface area (Å²) < 4.78 is 65.8. The number of rotatable bonds is 5. The van der Waals surface area contributed by atoms with Crippen LogP contribution in [0, 0.1) is 5.92 Å². The zero-order valence-corrected chi connectivity index (χ0v) is 19.5. The molecule has 0 unspecified atom stereocenters. The lowest BCUT2D eigenvalue weighted by Gasteiger charge is -2.38. The predicted octanol–water partition coefficient (Wildman–Crippen LogP) is 3.01. The Bertz CT molecular complexity index is 1130. The van der Waals surface area contributed by atoms with Crippen molar-refractivity contribution in [3.63, 3.8) is 0 Å². The molecule has 1 aliphatic carbocycles. The normalized spacial score (nSPS) is 21.4. The number of hydrogen-bond donors (Lipinski definition) is 2. The highest BCUT2D eigenvalue weighted by atomic mass is 19.4. The highest BCUT2D eigenvalue weighted by molar-refractivity contribution is 5.79. The minimum absolute atomic E-state index is 0.0338. The molecule has 0 spiro atoms. The molecule has 2 atom stereocenters. The van der Waals surface area contributed by atoms with Gasteiger partial charge in [-0.15, -0.1) is 0 Å². The van der Waals surface area contributed by atoms with E-state index < -0.39 is 23.2 Å². The third-order valence-corrected chi connectivity index (χ3v) is 6.50. The Hall–Kier alpha value is -3.32. The topological polar surface area (TPSA) is 107 Å². The fourth-order valence-electron chi connectivity index (χ4n) is 4.54. The molecule has 196 valence electrons. The van der Waals surface area contributed by atoms with Crippen LogP contribution in [0.15, 0.2) is 23.3 Å². The molecule has 1 saturated carbocycles. The van der Waals surface area contributed by atoms with Gasteiger partial charge in [0, 0.05) is 63.5 Å². The number of alkyl halides is 5. The molecule has 3 heterocycles. The molecule has 2 N–H and O–H groups in total. The van der Waals surface area contributed by atoms with Crippen molar-refractivity contribution in [3.8, 4) is 0 Å². The number of amides is 1. The van der Waals surface area contributed by atoms with E-state index in [2.05, 4.69) is 20.4 Å². The molecule has 0 bridgehead atoms. The van der Waals surface area contributed by atoms with Gasteiger partial charge in [0.05, 0.1) is 5.56 Å². The van der Waals surface area contributed by atoms with E-state index in [9.17, 15) is 31.5 Å². The zero-order chi connectivity index (χ0) is 26.1. The Morgan fingerprint density at radius 3 is 2.36 bits per heavy atom. The minimum atomic E-state index is -4.80. The summed E-state index contributed by atoms with van der Waals surface area (Å²) in [5, 5.41) is 8.44. The van der Waals surface area contributed by atoms with Crippen molar-refractivity contribution in [2.24, 2.45) is 5.92 Å². The first kappa shape index (κ1) is 25.8. The van der Waals surface area contributed by atoms with Crippen LogP contribution in [-0.4, -0.2) is 63.2 Å². The highest BCUT2D eigenvalue weighted by Gasteiger charge is 2.36. The number of piperazine rings is 1. The van der Waals surface area contributed by atoms with Crippen LogP contribution in [0.4, 0.5) is 33.7 Å². The minimum Gasteiger partial charge on any atom is -0.366 e. The van der Waals surface area contributed by atoms with Crippen LogP contribution >= 0.6 is 0 Å². The van der Waals surface area contributed by atoms with Gasteiger partial charge in [-0.25, -0.2) is 23.8 Å². The van der Waals surface area contributed by atoms with Gasteiger partial charge >= 0.3 is 6.18 Å². The number of anilines is 2. The third kappa shape index (κ3) is 5.90. The standard InChI is InChI=1S/C22H26F5N7O2/c1-21(23,24)14-11-28-20(29-12-14)34-7-5-33(6-8-34)19(36)13-3-2-4-15(9-13)30-17-10-16(22(25,26)27)18(35)32-31-17/h10-13,15H,2-9H2,1H3,(H,30,31)(H,32,35)/t13-,15+/m1/s1. The fourth-order valence-corrected chi connectivity index (χ4v) is 4.54. The molecule has 2 aliphatic rings. The van der Waals surface area contributed by atoms with Crippen molar-refractivity contribution >= 4 is 17.7 Å². The molecule has 9 nitrogen and oxygen atoms in total. The Labute approximate surface area is 203 Å². The number of carbonyl (C=O) groups is 1. The summed E-state index contributed by atoms with van der Waals surface area (Å²) >= 11 is 0. The number of nitrogens with one attached hydrogen (secondary N) is 2. The first-order chi connectivity index (χ1) is 16.9. The van der Waals surface area contributed by atoms with Crippen LogP contribution in [-0.2, 0) is 16.9 Å². The molecule has 0 radical (unpaired) electrons. The molecule has 1 aliphatic heterocycles. The molecular formula is C22H26F5N7O2. The largest absolute Gasteiger partial charge is 0.421 e. The Morgan fingerprint density at radius 2 is 1.75 bits per heavy atom. The van der Waals surface area contributed by atoms with Gasteiger partial charge in [-0.1, -0.05) is 6.42 Å². The second-order valence-corrected chi connectivity index (χ2v) is 9.17. The maximum Gasteiger partial charge on any atom is 0.421 e. The second kappa shape index (κ2) is 9.97. The van der Waals surface area contributed by atoms with E-state index in [4.69, 9.17) is 0 Å². The summed E-state index contributed by atoms with van der Waals surface area (Å²) in [6.07, 6.45) is -0.130. The SMILES string of the molecule is CC(F)(F)c1cnc(N2CCN(C(=O)[C@@H]3CCC[C@H](Nc4cc(C(F)(F)F)c(=O)[nH]n4)C3)CC2)nc1. The third-order valence-electron chi connectivity index (χ3n) is 6.50. The molecule has 2 fully saturated rings. The van der Waals surface area contributed by atoms with Gasteiger partial charge < -0.3 is 15.1 Å². The average Bonchev–Trinajstić information content (AvgIpc) is 2.84. The molecule has 2 aromatic rings. The Balaban J connectivity index is 1.32. The number of nitrogens with zero attached hydrogens (tertiary/aromatic N) is 5. The number of carbonyl (C=O) groups excluding carboxylic acids is 1. The lowest BCUT2D eigenvalue weighted by molar-refractivity contribution is -0.139. The molecule has 1 saturated heterocycles. The predicted molar refractivity (Wildman–Crippen MR) is 120 cm³/mol. The number of H-pyrrole nitrogens is 1. The summed E-state index contributed by atoms with van der Waals surface area (Å²) in [5.41, 5.74) is -2.91. The van der Waals surface area contributed by atoms with Gasteiger partial charge in [-0.3, -0.25) is 9.59 Å². The van der Waals surface area contributed by atoms with E-state index in [1.165, 1.54) is 0 Å². The summed E-state index contributed by atoms with van der Waals surface area (Å²) in [4.78, 5) is 36.2. The zero-order valence-electron chi connectivity index (χ0n) is 19.5. The lowest BCUT2D eigenvalue weighted by atomic mass is 9.84. The number of aromatic amines is 1. The van der Waals surface area contributed by atoms with Crippen LogP contribution < -0.4 is 15.8 Å². The van der Waals surface area contributed by atoms with Crippen molar-refractivity contribution in [1.82, 2.24) is 25.1 Å². The van der Waals surface area contributed by atoms with Crippen LogP contribution in [0.2, 0.25) is 0 Å². The second-order valence-electron chi connectivity index (χ2n) is 9.17. The van der Waals surface area contributed by atoms with Crippen LogP contribution in [0.1, 0.15) is 43.7 Å². The smallest absolute Gasteiger partial charge is 0.366 e. The summed E-state index contributed by atoms with van der Waals surface area (Å²) in [7, 11) is 0. The van der Waals surface area contributed by atoms with Crippen LogP contribution in [0.5, 0.6) is 0 Å². The van der Waals surface area contributed by atoms with Crippen molar-refractivity contribution in [2.45, 2.75) is 50.7 Å². The number of aromatic nitrogens is 4. The monoisotopic (exact) mass is 515 g/mol. The van der Waals surface area contributed by atoms with Crippen LogP contribution in [0.25, 0.3) is 0 Å². The van der Waals surface area contributed by atoms with E-state index in [1.807, 2.05) is 10.00 Å². The summed E-state index contributed by atoms with van der Waals surface area (Å²) in [5.74, 6) is -3.13. The van der Waals surface area contributed by atoms with Gasteiger partial charge in [-0.2, -0.15) is 18.3 Å². The molecule has 36 heavy (non-hydrogen) atoms. The van der Waals surface area contributed by atoms with Gasteiger partial charge in [-0.05, 0) is 19.3 Å².